The van der Waals surface area contributed by atoms with Crippen molar-refractivity contribution in [2.45, 2.75) is 40.7 Å². The van der Waals surface area contributed by atoms with E-state index >= 15 is 0 Å². The lowest BCUT2D eigenvalue weighted by molar-refractivity contribution is -0.455. The maximum atomic E-state index is 4.07. The summed E-state index contributed by atoms with van der Waals surface area (Å²) in [5.41, 5.74) is 9.15. The molecule has 0 saturated carbocycles. The van der Waals surface area contributed by atoms with Crippen molar-refractivity contribution in [1.29, 1.82) is 0 Å². The van der Waals surface area contributed by atoms with Crippen molar-refractivity contribution in [3.63, 3.8) is 0 Å². The molecule has 0 saturated heterocycles. The average molecular weight is 319 g/mol. The first kappa shape index (κ1) is 16.5. The van der Waals surface area contributed by atoms with Gasteiger partial charge in [0.15, 0.2) is 6.04 Å². The minimum absolute atomic E-state index is 0.283. The third-order valence-electron chi connectivity index (χ3n) is 4.83. The second-order valence-electron chi connectivity index (χ2n) is 7.02. The summed E-state index contributed by atoms with van der Waals surface area (Å²) in [6.45, 7) is 15.9. The highest BCUT2D eigenvalue weighted by atomic mass is 15.3. The van der Waals surface area contributed by atoms with E-state index in [1.54, 1.807) is 0 Å². The fraction of sp³-hybridized carbons (Fsp3) is 0.318. The second kappa shape index (κ2) is 6.27. The highest BCUT2D eigenvalue weighted by molar-refractivity contribution is 5.80. The van der Waals surface area contributed by atoms with E-state index in [-0.39, 0.29) is 6.04 Å². The van der Waals surface area contributed by atoms with Gasteiger partial charge in [0.1, 0.15) is 17.9 Å². The molecule has 2 nitrogen and oxygen atoms in total. The van der Waals surface area contributed by atoms with Gasteiger partial charge < -0.3 is 0 Å². The highest BCUT2D eigenvalue weighted by Gasteiger charge is 2.33. The first-order valence-corrected chi connectivity index (χ1v) is 8.58. The topological polar surface area (TPSA) is 6.25 Å². The fourth-order valence-electron chi connectivity index (χ4n) is 3.85. The van der Waals surface area contributed by atoms with Crippen LogP contribution in [0.4, 0.5) is 11.4 Å². The van der Waals surface area contributed by atoms with Crippen LogP contribution in [0, 0.1) is 34.6 Å². The summed E-state index contributed by atoms with van der Waals surface area (Å²) in [4.78, 5) is 2.35. The van der Waals surface area contributed by atoms with Gasteiger partial charge in [-0.15, -0.1) is 0 Å². The lowest BCUT2D eigenvalue weighted by Gasteiger charge is -2.13. The third kappa shape index (κ3) is 2.89. The van der Waals surface area contributed by atoms with Crippen LogP contribution in [-0.2, 0) is 0 Å². The summed E-state index contributed by atoms with van der Waals surface area (Å²) in [5, 5.41) is 0. The van der Waals surface area contributed by atoms with Gasteiger partial charge in [0.05, 0.1) is 0 Å². The average Bonchev–Trinajstić information content (AvgIpc) is 2.89. The third-order valence-corrected chi connectivity index (χ3v) is 4.83. The number of anilines is 1. The van der Waals surface area contributed by atoms with Crippen LogP contribution < -0.4 is 4.90 Å². The van der Waals surface area contributed by atoms with Crippen molar-refractivity contribution >= 4 is 17.7 Å². The Morgan fingerprint density at radius 2 is 1.58 bits per heavy atom. The largest absolute Gasteiger partial charge is 0.245 e. The van der Waals surface area contributed by atoms with Crippen LogP contribution in [0.2, 0.25) is 0 Å². The lowest BCUT2D eigenvalue weighted by Crippen LogP contribution is -2.24. The number of nitrogens with zero attached hydrogens (tertiary/aromatic N) is 2. The maximum absolute atomic E-state index is 4.07. The molecule has 0 N–H and O–H groups in total. The van der Waals surface area contributed by atoms with Gasteiger partial charge in [-0.1, -0.05) is 42.0 Å². The molecule has 0 aliphatic carbocycles. The van der Waals surface area contributed by atoms with E-state index < -0.39 is 0 Å². The Bertz CT molecular complexity index is 807. The molecule has 1 atom stereocenters. The van der Waals surface area contributed by atoms with Gasteiger partial charge in [0.2, 0.25) is 6.34 Å². The zero-order valence-electron chi connectivity index (χ0n) is 15.4. The predicted octanol–water partition coefficient (Wildman–Crippen LogP) is 4.98. The van der Waals surface area contributed by atoms with Crippen LogP contribution in [-0.4, -0.2) is 23.5 Å². The summed E-state index contributed by atoms with van der Waals surface area (Å²) in [6, 6.07) is 11.5. The van der Waals surface area contributed by atoms with Crippen LogP contribution in [0.1, 0.15) is 27.8 Å². The molecular formula is C22H27N2+. The van der Waals surface area contributed by atoms with Gasteiger partial charge in [-0.25, -0.2) is 9.48 Å². The van der Waals surface area contributed by atoms with E-state index in [2.05, 4.69) is 93.4 Å². The SMILES string of the molecule is C=CC1CN(c2ccc(C)cc2C)C=[N+]1c1c(C)cc(C)cc1C. The van der Waals surface area contributed by atoms with Crippen molar-refractivity contribution in [1.82, 2.24) is 0 Å². The van der Waals surface area contributed by atoms with E-state index in [9.17, 15) is 0 Å². The van der Waals surface area contributed by atoms with Crippen LogP contribution in [0.25, 0.3) is 0 Å². The number of rotatable bonds is 3. The molecule has 1 heterocycles. The molecular weight excluding hydrogens is 292 g/mol. The van der Waals surface area contributed by atoms with Gasteiger partial charge in [0.25, 0.3) is 0 Å². The van der Waals surface area contributed by atoms with E-state index in [0.717, 1.165) is 6.54 Å². The lowest BCUT2D eigenvalue weighted by atomic mass is 10.0. The van der Waals surface area contributed by atoms with Crippen LogP contribution in [0.3, 0.4) is 0 Å². The van der Waals surface area contributed by atoms with Crippen molar-refractivity contribution in [2.24, 2.45) is 0 Å². The molecule has 24 heavy (non-hydrogen) atoms. The summed E-state index contributed by atoms with van der Waals surface area (Å²) in [7, 11) is 0. The van der Waals surface area contributed by atoms with Crippen molar-refractivity contribution in [2.75, 3.05) is 11.4 Å². The van der Waals surface area contributed by atoms with Crippen LogP contribution >= 0.6 is 0 Å². The molecule has 124 valence electrons. The molecule has 3 rings (SSSR count). The molecule has 0 radical (unpaired) electrons. The van der Waals surface area contributed by atoms with E-state index in [0.29, 0.717) is 0 Å². The van der Waals surface area contributed by atoms with Crippen molar-refractivity contribution in [3.8, 4) is 0 Å². The summed E-state index contributed by atoms with van der Waals surface area (Å²) in [5.74, 6) is 0. The molecule has 0 fully saturated rings. The first-order chi connectivity index (χ1) is 11.4. The first-order valence-electron chi connectivity index (χ1n) is 8.58. The molecule has 0 amide bonds. The monoisotopic (exact) mass is 319 g/mol. The van der Waals surface area contributed by atoms with Gasteiger partial charge in [-0.05, 0) is 63.5 Å². The Balaban J connectivity index is 2.08. The molecule has 0 aromatic heterocycles. The normalized spacial score (nSPS) is 17.1. The van der Waals surface area contributed by atoms with Gasteiger partial charge in [0, 0.05) is 0 Å². The second-order valence-corrected chi connectivity index (χ2v) is 7.02. The Kier molecular flexibility index (Phi) is 4.31. The van der Waals surface area contributed by atoms with E-state index in [1.165, 1.54) is 39.2 Å². The molecule has 0 bridgehead atoms. The smallest absolute Gasteiger partial charge is 0.229 e. The highest BCUT2D eigenvalue weighted by Crippen LogP contribution is 2.30. The van der Waals surface area contributed by atoms with Gasteiger partial charge in [-0.3, -0.25) is 0 Å². The minimum atomic E-state index is 0.283. The van der Waals surface area contributed by atoms with Crippen LogP contribution in [0.15, 0.2) is 43.0 Å². The number of benzene rings is 2. The Hall–Kier alpha value is -2.35. The Morgan fingerprint density at radius 1 is 0.958 bits per heavy atom. The van der Waals surface area contributed by atoms with Crippen LogP contribution in [0.5, 0.6) is 0 Å². The standard InChI is InChI=1S/C22H27N2/c1-7-20-13-23(21-9-8-15(2)10-17(21)4)14-24(20)22-18(5)11-16(3)12-19(22)6/h7-12,14,20H,1,13H2,2-6H3/q+1. The molecule has 2 aromatic rings. The fourth-order valence-corrected chi connectivity index (χ4v) is 3.85. The molecule has 0 spiro atoms. The Labute approximate surface area is 145 Å². The van der Waals surface area contributed by atoms with Gasteiger partial charge >= 0.3 is 0 Å². The van der Waals surface area contributed by atoms with E-state index in [4.69, 9.17) is 0 Å². The van der Waals surface area contributed by atoms with Crippen molar-refractivity contribution in [3.05, 3.63) is 70.8 Å². The zero-order valence-corrected chi connectivity index (χ0v) is 15.4. The number of hydrogen-bond acceptors (Lipinski definition) is 1. The minimum Gasteiger partial charge on any atom is -0.229 e. The molecule has 2 heteroatoms. The quantitative estimate of drug-likeness (QED) is 0.571. The zero-order chi connectivity index (χ0) is 17.4. The summed E-state index contributed by atoms with van der Waals surface area (Å²) < 4.78 is 2.37. The molecule has 1 aliphatic heterocycles. The molecule has 1 unspecified atom stereocenters. The molecule has 1 aliphatic rings. The van der Waals surface area contributed by atoms with Gasteiger partial charge in [-0.2, -0.15) is 0 Å². The summed E-state index contributed by atoms with van der Waals surface area (Å²) >= 11 is 0. The van der Waals surface area contributed by atoms with E-state index in [1.807, 2.05) is 0 Å². The summed E-state index contributed by atoms with van der Waals surface area (Å²) in [6.07, 6.45) is 4.30. The Morgan fingerprint density at radius 3 is 2.17 bits per heavy atom. The van der Waals surface area contributed by atoms with Crippen molar-refractivity contribution < 1.29 is 4.58 Å². The maximum Gasteiger partial charge on any atom is 0.245 e. The predicted molar refractivity (Wildman–Crippen MR) is 104 cm³/mol. The number of hydrogen-bond donors (Lipinski definition) is 0. The number of aryl methyl sites for hydroxylation is 5. The molecule has 2 aromatic carbocycles.